The highest BCUT2D eigenvalue weighted by molar-refractivity contribution is 6.04. The molecule has 2 aromatic heterocycles. The molecule has 0 saturated carbocycles. The van der Waals surface area contributed by atoms with Crippen LogP contribution in [0.4, 0.5) is 11.6 Å². The Hall–Kier alpha value is -5.14. The maximum absolute atomic E-state index is 12.2. The van der Waals surface area contributed by atoms with Crippen LogP contribution in [0.5, 0.6) is 0 Å². The summed E-state index contributed by atoms with van der Waals surface area (Å²) in [6.07, 6.45) is -4.23. The van der Waals surface area contributed by atoms with Crippen LogP contribution in [-0.4, -0.2) is 100 Å². The summed E-state index contributed by atoms with van der Waals surface area (Å²) >= 11 is 0. The number of aromatic nitrogens is 4. The third-order valence-corrected chi connectivity index (χ3v) is 7.70. The van der Waals surface area contributed by atoms with Crippen LogP contribution in [0.15, 0.2) is 94.8 Å². The zero-order valence-corrected chi connectivity index (χ0v) is 25.7. The first kappa shape index (κ1) is 35.2. The van der Waals surface area contributed by atoms with Crippen LogP contribution < -0.4 is 22.0 Å². The Balaban J connectivity index is 0.000000191. The molecule has 4 heterocycles. The van der Waals surface area contributed by atoms with Gasteiger partial charge in [-0.05, 0) is 36.4 Å². The van der Waals surface area contributed by atoms with Crippen LogP contribution in [0.2, 0.25) is 0 Å². The van der Waals surface area contributed by atoms with Crippen LogP contribution in [0, 0.1) is 0 Å². The molecule has 2 aliphatic heterocycles. The SMILES string of the molecule is O=C(Nc1ccn([C@@H]2O[C@H](CO)[C@@H](O)[C@H]2O)c(=O)n1)c1ccccc1.O=C(Nc1ccn([C@H]2C[C@H](O)[C@@H](CO)O2)c(=O)n1)c1ccccc1. The predicted molar refractivity (Wildman–Crippen MR) is 170 cm³/mol. The molecule has 4 aromatic rings. The topological polar surface area (TPSA) is 248 Å². The monoisotopic (exact) mass is 678 g/mol. The summed E-state index contributed by atoms with van der Waals surface area (Å²) in [5.74, 6) is -0.615. The number of rotatable bonds is 8. The van der Waals surface area contributed by atoms with Crippen molar-refractivity contribution in [3.63, 3.8) is 0 Å². The van der Waals surface area contributed by atoms with Gasteiger partial charge >= 0.3 is 11.4 Å². The number of amides is 2. The van der Waals surface area contributed by atoms with E-state index in [-0.39, 0.29) is 30.6 Å². The number of hydrogen-bond donors (Lipinski definition) is 7. The summed E-state index contributed by atoms with van der Waals surface area (Å²) in [6, 6.07) is 19.9. The Bertz CT molecular complexity index is 1860. The Kier molecular flexibility index (Phi) is 11.4. The van der Waals surface area contributed by atoms with Gasteiger partial charge in [-0.3, -0.25) is 18.7 Å². The largest absolute Gasteiger partial charge is 0.394 e. The van der Waals surface area contributed by atoms with Crippen molar-refractivity contribution in [2.45, 2.75) is 49.4 Å². The summed E-state index contributed by atoms with van der Waals surface area (Å²) in [5.41, 5.74) is -0.522. The lowest BCUT2D eigenvalue weighted by molar-refractivity contribution is -0.0549. The number of benzene rings is 2. The summed E-state index contributed by atoms with van der Waals surface area (Å²) in [7, 11) is 0. The van der Waals surface area contributed by atoms with E-state index in [0.717, 1.165) is 4.57 Å². The van der Waals surface area contributed by atoms with Crippen molar-refractivity contribution in [3.8, 4) is 0 Å². The average Bonchev–Trinajstić information content (AvgIpc) is 3.63. The number of aliphatic hydroxyl groups is 5. The van der Waals surface area contributed by atoms with Crippen LogP contribution in [0.25, 0.3) is 0 Å². The maximum Gasteiger partial charge on any atom is 0.351 e. The van der Waals surface area contributed by atoms with Crippen LogP contribution in [0.1, 0.15) is 39.6 Å². The normalized spacial score (nSPS) is 24.5. The number of ether oxygens (including phenoxy) is 2. The Labute approximate surface area is 277 Å². The molecule has 7 atom stereocenters. The fraction of sp³-hybridized carbons (Fsp3) is 0.312. The molecule has 0 spiro atoms. The van der Waals surface area contributed by atoms with Crippen molar-refractivity contribution in [1.29, 1.82) is 0 Å². The second kappa shape index (κ2) is 15.8. The second-order valence-electron chi connectivity index (χ2n) is 11.0. The van der Waals surface area contributed by atoms with Crippen molar-refractivity contribution in [2.24, 2.45) is 0 Å². The number of carbonyl (C=O) groups excluding carboxylic acids is 2. The van der Waals surface area contributed by atoms with E-state index in [1.807, 2.05) is 0 Å². The van der Waals surface area contributed by atoms with Crippen molar-refractivity contribution in [1.82, 2.24) is 19.1 Å². The number of anilines is 2. The number of nitrogens with zero attached hydrogens (tertiary/aromatic N) is 4. The lowest BCUT2D eigenvalue weighted by Crippen LogP contribution is -2.36. The minimum Gasteiger partial charge on any atom is -0.394 e. The van der Waals surface area contributed by atoms with E-state index in [1.165, 1.54) is 29.1 Å². The molecule has 0 bridgehead atoms. The molecule has 2 aliphatic rings. The minimum absolute atomic E-state index is 0.0434. The summed E-state index contributed by atoms with van der Waals surface area (Å²) in [5, 5.41) is 52.7. The highest BCUT2D eigenvalue weighted by Crippen LogP contribution is 2.29. The van der Waals surface area contributed by atoms with Gasteiger partial charge in [0.1, 0.15) is 42.3 Å². The van der Waals surface area contributed by atoms with E-state index in [9.17, 15) is 34.5 Å². The molecular weight excluding hydrogens is 644 g/mol. The van der Waals surface area contributed by atoms with Gasteiger partial charge in [0.25, 0.3) is 11.8 Å². The Morgan fingerprint density at radius 3 is 1.61 bits per heavy atom. The van der Waals surface area contributed by atoms with E-state index >= 15 is 0 Å². The molecule has 2 amide bonds. The molecule has 49 heavy (non-hydrogen) atoms. The van der Waals surface area contributed by atoms with Gasteiger partial charge in [0.05, 0.1) is 19.3 Å². The lowest BCUT2D eigenvalue weighted by Gasteiger charge is -2.17. The van der Waals surface area contributed by atoms with Crippen molar-refractivity contribution in [3.05, 3.63) is 117 Å². The van der Waals surface area contributed by atoms with E-state index in [1.54, 1.807) is 60.7 Å². The zero-order valence-electron chi connectivity index (χ0n) is 25.7. The van der Waals surface area contributed by atoms with Gasteiger partial charge in [-0.2, -0.15) is 9.97 Å². The molecule has 2 aromatic carbocycles. The molecule has 6 rings (SSSR count). The Morgan fingerprint density at radius 2 is 1.18 bits per heavy atom. The number of hydrogen-bond acceptors (Lipinski definition) is 13. The van der Waals surface area contributed by atoms with Crippen molar-refractivity contribution < 1.29 is 44.6 Å². The number of aliphatic hydroxyl groups excluding tert-OH is 5. The highest BCUT2D eigenvalue weighted by Gasteiger charge is 2.43. The van der Waals surface area contributed by atoms with E-state index in [0.29, 0.717) is 11.1 Å². The first-order valence-electron chi connectivity index (χ1n) is 15.1. The maximum atomic E-state index is 12.2. The first-order chi connectivity index (χ1) is 23.6. The Morgan fingerprint density at radius 1 is 0.694 bits per heavy atom. The molecule has 17 heteroatoms. The van der Waals surface area contributed by atoms with Gasteiger partial charge in [0.15, 0.2) is 6.23 Å². The average molecular weight is 679 g/mol. The van der Waals surface area contributed by atoms with Gasteiger partial charge in [-0.25, -0.2) is 9.59 Å². The predicted octanol–water partition coefficient (Wildman–Crippen LogP) is -0.757. The van der Waals surface area contributed by atoms with Crippen LogP contribution >= 0.6 is 0 Å². The zero-order chi connectivity index (χ0) is 35.1. The molecule has 0 unspecified atom stereocenters. The minimum atomic E-state index is -1.39. The van der Waals surface area contributed by atoms with Gasteiger partial charge in [0.2, 0.25) is 0 Å². The lowest BCUT2D eigenvalue weighted by atomic mass is 10.1. The molecular formula is C32H34N6O11. The van der Waals surface area contributed by atoms with Crippen LogP contribution in [0.3, 0.4) is 0 Å². The fourth-order valence-corrected chi connectivity index (χ4v) is 5.09. The molecule has 2 saturated heterocycles. The van der Waals surface area contributed by atoms with Gasteiger partial charge < -0.3 is 45.6 Å². The van der Waals surface area contributed by atoms with E-state index < -0.39 is 66.9 Å². The third kappa shape index (κ3) is 8.30. The van der Waals surface area contributed by atoms with E-state index in [2.05, 4.69) is 20.6 Å². The van der Waals surface area contributed by atoms with Crippen LogP contribution in [-0.2, 0) is 9.47 Å². The molecule has 17 nitrogen and oxygen atoms in total. The summed E-state index contributed by atoms with van der Waals surface area (Å²) in [4.78, 5) is 55.9. The highest BCUT2D eigenvalue weighted by atomic mass is 16.6. The van der Waals surface area contributed by atoms with Gasteiger partial charge in [0, 0.05) is 29.9 Å². The second-order valence-corrected chi connectivity index (χ2v) is 11.0. The number of carbonyl (C=O) groups is 2. The molecule has 0 aliphatic carbocycles. The van der Waals surface area contributed by atoms with Crippen molar-refractivity contribution >= 4 is 23.5 Å². The smallest absolute Gasteiger partial charge is 0.351 e. The molecule has 2 fully saturated rings. The third-order valence-electron chi connectivity index (χ3n) is 7.70. The number of nitrogens with one attached hydrogen (secondary N) is 2. The van der Waals surface area contributed by atoms with Crippen molar-refractivity contribution in [2.75, 3.05) is 23.8 Å². The van der Waals surface area contributed by atoms with E-state index in [4.69, 9.17) is 19.7 Å². The first-order valence-corrected chi connectivity index (χ1v) is 15.1. The van der Waals surface area contributed by atoms with Gasteiger partial charge in [-0.1, -0.05) is 36.4 Å². The molecule has 7 N–H and O–H groups in total. The summed E-state index contributed by atoms with van der Waals surface area (Å²) < 4.78 is 12.9. The van der Waals surface area contributed by atoms with Gasteiger partial charge in [-0.15, -0.1) is 0 Å². The summed E-state index contributed by atoms with van der Waals surface area (Å²) in [6.45, 7) is -0.826. The quantitative estimate of drug-likeness (QED) is 0.121. The fourth-order valence-electron chi connectivity index (χ4n) is 5.09. The molecule has 258 valence electrons. The molecule has 0 radical (unpaired) electrons. The standard InChI is InChI=1S/C16H17N3O6.C16H17N3O5/c20-8-10-12(21)13(22)15(25-10)19-7-6-11(18-16(19)24)17-14(23)9-4-2-1-3-5-9;20-9-12-11(21)8-14(24-12)19-7-6-13(18-16(19)23)17-15(22)10-4-2-1-3-5-10/h1-7,10,12-13,15,20-22H,8H2,(H,17,18,23,24);1-7,11-12,14,20-21H,8-9H2,(H,17,18,22,23)/t10-,12-,13-,15-;11-,12+,14+/m10/s1.